The highest BCUT2D eigenvalue weighted by molar-refractivity contribution is 5.64. The molecule has 0 bridgehead atoms. The zero-order chi connectivity index (χ0) is 18.5. The average Bonchev–Trinajstić information content (AvgIpc) is 2.93. The van der Waals surface area contributed by atoms with Gasteiger partial charge < -0.3 is 14.0 Å². The van der Waals surface area contributed by atoms with Crippen LogP contribution in [0.2, 0.25) is 0 Å². The Morgan fingerprint density at radius 3 is 2.58 bits per heavy atom. The van der Waals surface area contributed by atoms with E-state index in [1.807, 2.05) is 18.3 Å². The van der Waals surface area contributed by atoms with E-state index in [4.69, 9.17) is 9.99 Å². The Hall–Kier alpha value is -2.72. The summed E-state index contributed by atoms with van der Waals surface area (Å²) in [6.07, 6.45) is 4.40. The molecule has 0 radical (unpaired) electrons. The monoisotopic (exact) mass is 351 g/mol. The van der Waals surface area contributed by atoms with Crippen LogP contribution in [0.25, 0.3) is 5.52 Å². The quantitative estimate of drug-likeness (QED) is 0.346. The smallest absolute Gasteiger partial charge is 0.138 e. The van der Waals surface area contributed by atoms with Gasteiger partial charge >= 0.3 is 0 Å². The van der Waals surface area contributed by atoms with Gasteiger partial charge in [0.25, 0.3) is 0 Å². The van der Waals surface area contributed by atoms with E-state index in [-0.39, 0.29) is 0 Å². The first-order valence-corrected chi connectivity index (χ1v) is 8.92. The first-order chi connectivity index (χ1) is 12.6. The number of rotatable bonds is 8. The Labute approximate surface area is 154 Å². The Morgan fingerprint density at radius 2 is 1.88 bits per heavy atom. The third-order valence-electron chi connectivity index (χ3n) is 4.75. The summed E-state index contributed by atoms with van der Waals surface area (Å²) in [5, 5.41) is 8.53. The number of hydrogen-bond acceptors (Lipinski definition) is 3. The van der Waals surface area contributed by atoms with Gasteiger partial charge in [-0.2, -0.15) is 0 Å². The molecule has 0 aliphatic carbocycles. The van der Waals surface area contributed by atoms with Gasteiger partial charge in [-0.25, -0.2) is 5.26 Å². The molecule has 0 unspecified atom stereocenters. The maximum absolute atomic E-state index is 8.53. The van der Waals surface area contributed by atoms with Gasteiger partial charge in [0.1, 0.15) is 11.5 Å². The van der Waals surface area contributed by atoms with Crippen LogP contribution in [0.3, 0.4) is 0 Å². The second kappa shape index (κ2) is 8.11. The van der Waals surface area contributed by atoms with Crippen molar-refractivity contribution in [2.24, 2.45) is 0 Å². The maximum atomic E-state index is 8.53. The molecule has 0 aliphatic heterocycles. The number of fused-ring (bicyclic) bond motifs is 1. The van der Waals surface area contributed by atoms with E-state index < -0.39 is 0 Å². The molecule has 0 atom stereocenters. The van der Waals surface area contributed by atoms with Gasteiger partial charge in [-0.15, -0.1) is 0 Å². The average molecular weight is 351 g/mol. The van der Waals surface area contributed by atoms with E-state index in [1.54, 1.807) is 0 Å². The van der Waals surface area contributed by atoms with E-state index in [1.165, 1.54) is 27.9 Å². The summed E-state index contributed by atoms with van der Waals surface area (Å²) >= 11 is 0. The lowest BCUT2D eigenvalue weighted by molar-refractivity contribution is -0.205. The fourth-order valence-corrected chi connectivity index (χ4v) is 3.40. The van der Waals surface area contributed by atoms with Crippen molar-refractivity contribution in [3.8, 4) is 5.75 Å². The number of nitrogens with zero attached hydrogens (tertiary/aromatic N) is 1. The molecule has 0 fully saturated rings. The van der Waals surface area contributed by atoms with Crippen LogP contribution in [0.4, 0.5) is 0 Å². The Morgan fingerprint density at radius 1 is 1.12 bits per heavy atom. The third kappa shape index (κ3) is 3.75. The predicted octanol–water partition coefficient (Wildman–Crippen LogP) is 5.17. The van der Waals surface area contributed by atoms with Crippen LogP contribution in [-0.2, 0) is 17.7 Å². The molecule has 0 saturated carbocycles. The molecular weight excluding hydrogens is 326 g/mol. The summed E-state index contributed by atoms with van der Waals surface area (Å²) in [5.74, 6) is 1.08. The zero-order valence-corrected chi connectivity index (χ0v) is 15.4. The number of ether oxygens (including phenoxy) is 1. The van der Waals surface area contributed by atoms with Crippen molar-refractivity contribution in [3.63, 3.8) is 0 Å². The highest BCUT2D eigenvalue weighted by atomic mass is 17.1. The standard InChI is InChI=1S/C22H25NO3/c1-4-20-17(3)23-15-19(25-13-12-16(2)26-24)10-11-22(23)21(20)14-18-8-6-5-7-9-18/h5-11,15,24H,2,4,12-14H2,1,3H3. The molecular formula is C22H25NO3. The molecule has 2 aromatic heterocycles. The minimum Gasteiger partial charge on any atom is -0.492 e. The lowest BCUT2D eigenvalue weighted by Crippen LogP contribution is -2.01. The number of benzene rings is 1. The molecule has 4 heteroatoms. The molecule has 3 rings (SSSR count). The molecule has 0 amide bonds. The molecule has 0 aliphatic rings. The summed E-state index contributed by atoms with van der Waals surface area (Å²) in [5.41, 5.74) is 6.57. The normalized spacial score (nSPS) is 10.9. The SMILES string of the molecule is C=C(CCOc1ccc2c(Cc3ccccc3)c(CC)c(C)n2c1)OO. The second-order valence-corrected chi connectivity index (χ2v) is 6.41. The van der Waals surface area contributed by atoms with E-state index in [9.17, 15) is 0 Å². The number of hydrogen-bond donors (Lipinski definition) is 1. The molecule has 2 heterocycles. The highest BCUT2D eigenvalue weighted by Gasteiger charge is 2.15. The highest BCUT2D eigenvalue weighted by Crippen LogP contribution is 2.28. The van der Waals surface area contributed by atoms with Gasteiger partial charge in [-0.3, -0.25) is 0 Å². The van der Waals surface area contributed by atoms with Crippen molar-refractivity contribution in [2.75, 3.05) is 6.61 Å². The first kappa shape index (κ1) is 18.1. The predicted molar refractivity (Wildman–Crippen MR) is 104 cm³/mol. The van der Waals surface area contributed by atoms with Gasteiger partial charge in [0.2, 0.25) is 0 Å². The summed E-state index contributed by atoms with van der Waals surface area (Å²) < 4.78 is 7.98. The van der Waals surface area contributed by atoms with Gasteiger partial charge in [0, 0.05) is 17.6 Å². The molecule has 26 heavy (non-hydrogen) atoms. The van der Waals surface area contributed by atoms with Gasteiger partial charge in [-0.05, 0) is 48.6 Å². The van der Waals surface area contributed by atoms with Crippen LogP contribution in [0, 0.1) is 6.92 Å². The van der Waals surface area contributed by atoms with Crippen LogP contribution >= 0.6 is 0 Å². The second-order valence-electron chi connectivity index (χ2n) is 6.41. The molecule has 4 nitrogen and oxygen atoms in total. The van der Waals surface area contributed by atoms with E-state index in [0.29, 0.717) is 18.8 Å². The molecule has 3 aromatic rings. The van der Waals surface area contributed by atoms with Crippen LogP contribution in [-0.4, -0.2) is 16.3 Å². The Kier molecular flexibility index (Phi) is 5.64. The van der Waals surface area contributed by atoms with E-state index >= 15 is 0 Å². The van der Waals surface area contributed by atoms with Crippen LogP contribution in [0.5, 0.6) is 5.75 Å². The zero-order valence-electron chi connectivity index (χ0n) is 15.4. The van der Waals surface area contributed by atoms with Crippen molar-refractivity contribution >= 4 is 5.52 Å². The number of aromatic nitrogens is 1. The van der Waals surface area contributed by atoms with Gasteiger partial charge in [0.05, 0.1) is 12.8 Å². The van der Waals surface area contributed by atoms with Gasteiger partial charge in [-0.1, -0.05) is 43.8 Å². The maximum Gasteiger partial charge on any atom is 0.138 e. The lowest BCUT2D eigenvalue weighted by atomic mass is 10.00. The third-order valence-corrected chi connectivity index (χ3v) is 4.75. The Balaban J connectivity index is 1.90. The lowest BCUT2D eigenvalue weighted by Gasteiger charge is -2.08. The fourth-order valence-electron chi connectivity index (χ4n) is 3.40. The van der Waals surface area contributed by atoms with E-state index in [2.05, 4.69) is 60.0 Å². The molecule has 0 spiro atoms. The summed E-state index contributed by atoms with van der Waals surface area (Å²) in [7, 11) is 0. The minimum absolute atomic E-state index is 0.293. The molecule has 1 aromatic carbocycles. The van der Waals surface area contributed by atoms with E-state index in [0.717, 1.165) is 18.6 Å². The summed E-state index contributed by atoms with van der Waals surface area (Å²) in [4.78, 5) is 4.09. The van der Waals surface area contributed by atoms with Gasteiger partial charge in [0.15, 0.2) is 0 Å². The molecule has 1 N–H and O–H groups in total. The molecule has 136 valence electrons. The van der Waals surface area contributed by atoms with Crippen molar-refractivity contribution in [1.82, 2.24) is 4.40 Å². The largest absolute Gasteiger partial charge is 0.492 e. The van der Waals surface area contributed by atoms with Crippen molar-refractivity contribution in [2.45, 2.75) is 33.1 Å². The van der Waals surface area contributed by atoms with Crippen LogP contribution in [0.15, 0.2) is 61.0 Å². The summed E-state index contributed by atoms with van der Waals surface area (Å²) in [6, 6.07) is 14.7. The van der Waals surface area contributed by atoms with Crippen LogP contribution < -0.4 is 4.74 Å². The minimum atomic E-state index is 0.293. The van der Waals surface area contributed by atoms with Crippen molar-refractivity contribution in [1.29, 1.82) is 0 Å². The summed E-state index contributed by atoms with van der Waals surface area (Å²) in [6.45, 7) is 8.34. The van der Waals surface area contributed by atoms with Crippen molar-refractivity contribution in [3.05, 3.63) is 83.4 Å². The number of pyridine rings is 1. The molecule has 0 saturated heterocycles. The number of aryl methyl sites for hydroxylation is 1. The topological polar surface area (TPSA) is 43.1 Å². The van der Waals surface area contributed by atoms with Crippen LogP contribution in [0.1, 0.15) is 35.7 Å². The Bertz CT molecular complexity index is 897. The fraction of sp³-hybridized carbons (Fsp3) is 0.273. The first-order valence-electron chi connectivity index (χ1n) is 8.92. The van der Waals surface area contributed by atoms with Crippen molar-refractivity contribution < 1.29 is 14.9 Å².